The van der Waals surface area contributed by atoms with Crippen LogP contribution in [0.15, 0.2) is 5.16 Å². The molecule has 0 unspecified atom stereocenters. The Bertz CT molecular complexity index is 959. The number of nitrogens with zero attached hydrogens (tertiary/aromatic N) is 3. The summed E-state index contributed by atoms with van der Waals surface area (Å²) in [4.78, 5) is 26.2. The zero-order chi connectivity index (χ0) is 20.0. The molecule has 2 saturated carbocycles. The summed E-state index contributed by atoms with van der Waals surface area (Å²) in [6.07, 6.45) is 8.74. The number of aromatic nitrogens is 3. The third-order valence-corrected chi connectivity index (χ3v) is 7.84. The van der Waals surface area contributed by atoms with Crippen LogP contribution in [0.2, 0.25) is 0 Å². The monoisotopic (exact) mass is 432 g/mol. The number of amides is 1. The summed E-state index contributed by atoms with van der Waals surface area (Å²) in [6.45, 7) is 0. The van der Waals surface area contributed by atoms with Crippen molar-refractivity contribution in [3.8, 4) is 0 Å². The normalized spacial score (nSPS) is 18.4. The lowest BCUT2D eigenvalue weighted by Gasteiger charge is -2.11. The van der Waals surface area contributed by atoms with E-state index in [-0.39, 0.29) is 17.6 Å². The molecule has 154 valence electrons. The van der Waals surface area contributed by atoms with Crippen molar-refractivity contribution in [1.29, 1.82) is 0 Å². The smallest absolute Gasteiger partial charge is 0.341 e. The lowest BCUT2D eigenvalue weighted by molar-refractivity contribution is -0.113. The number of hydrogen-bond acceptors (Lipinski definition) is 7. The third-order valence-electron chi connectivity index (χ3n) is 5.69. The van der Waals surface area contributed by atoms with Gasteiger partial charge in [-0.05, 0) is 56.9 Å². The maximum Gasteiger partial charge on any atom is 0.341 e. The number of thioether (sulfide) groups is 1. The lowest BCUT2D eigenvalue weighted by Crippen LogP contribution is -2.17. The van der Waals surface area contributed by atoms with Crippen LogP contribution in [-0.4, -0.2) is 39.5 Å². The fourth-order valence-corrected chi connectivity index (χ4v) is 6.05. The van der Waals surface area contributed by atoms with Crippen LogP contribution in [0.5, 0.6) is 0 Å². The third kappa shape index (κ3) is 3.82. The number of aryl methyl sites for hydroxylation is 1. The second-order valence-corrected chi connectivity index (χ2v) is 10.0. The fourth-order valence-electron chi connectivity index (χ4n) is 3.95. The number of nitrogens with one attached hydrogen (secondary N) is 1. The Labute approximate surface area is 177 Å². The average molecular weight is 433 g/mol. The van der Waals surface area contributed by atoms with Crippen LogP contribution in [-0.2, 0) is 22.4 Å². The molecule has 29 heavy (non-hydrogen) atoms. The summed E-state index contributed by atoms with van der Waals surface area (Å²) in [5.41, 5.74) is 1.60. The number of ether oxygens (including phenoxy) is 1. The summed E-state index contributed by atoms with van der Waals surface area (Å²) in [6, 6.07) is 0.501. The van der Waals surface area contributed by atoms with Crippen molar-refractivity contribution in [2.75, 3.05) is 18.2 Å². The first-order chi connectivity index (χ1) is 14.2. The fraction of sp³-hybridized carbons (Fsp3) is 0.600. The van der Waals surface area contributed by atoms with Gasteiger partial charge < -0.3 is 14.6 Å². The Morgan fingerprint density at radius 3 is 2.72 bits per heavy atom. The highest BCUT2D eigenvalue weighted by molar-refractivity contribution is 7.99. The summed E-state index contributed by atoms with van der Waals surface area (Å²) in [5.74, 6) is 1.39. The molecule has 5 rings (SSSR count). The van der Waals surface area contributed by atoms with Crippen molar-refractivity contribution >= 4 is 40.0 Å². The van der Waals surface area contributed by atoms with Gasteiger partial charge in [0.15, 0.2) is 5.16 Å². The molecular formula is C20H24N4O3S2. The van der Waals surface area contributed by atoms with Crippen molar-refractivity contribution < 1.29 is 14.3 Å². The van der Waals surface area contributed by atoms with Crippen molar-refractivity contribution in [3.63, 3.8) is 0 Å². The molecule has 1 N–H and O–H groups in total. The Balaban J connectivity index is 1.29. The number of anilines is 1. The Morgan fingerprint density at radius 1 is 1.21 bits per heavy atom. The van der Waals surface area contributed by atoms with Crippen molar-refractivity contribution in [2.24, 2.45) is 0 Å². The van der Waals surface area contributed by atoms with Gasteiger partial charge in [-0.25, -0.2) is 4.79 Å². The van der Waals surface area contributed by atoms with Crippen molar-refractivity contribution in [3.05, 3.63) is 21.8 Å². The number of rotatable bonds is 7. The van der Waals surface area contributed by atoms with E-state index in [4.69, 9.17) is 4.74 Å². The molecule has 0 aliphatic heterocycles. The molecule has 0 spiro atoms. The second-order valence-electron chi connectivity index (χ2n) is 7.96. The number of methoxy groups -OCH3 is 1. The van der Waals surface area contributed by atoms with Crippen molar-refractivity contribution in [1.82, 2.24) is 14.8 Å². The first kappa shape index (κ1) is 19.1. The molecule has 2 aromatic heterocycles. The zero-order valence-corrected chi connectivity index (χ0v) is 18.0. The summed E-state index contributed by atoms with van der Waals surface area (Å²) >= 11 is 2.94. The highest BCUT2D eigenvalue weighted by Crippen LogP contribution is 2.46. The number of esters is 1. The van der Waals surface area contributed by atoms with Crippen LogP contribution in [0.25, 0.3) is 0 Å². The number of fused-ring (bicyclic) bond motifs is 1. The summed E-state index contributed by atoms with van der Waals surface area (Å²) in [7, 11) is 1.39. The van der Waals surface area contributed by atoms with Gasteiger partial charge in [-0.3, -0.25) is 4.79 Å². The Kier molecular flexibility index (Phi) is 5.11. The van der Waals surface area contributed by atoms with Crippen LogP contribution in [0.3, 0.4) is 0 Å². The van der Waals surface area contributed by atoms with Gasteiger partial charge in [-0.2, -0.15) is 0 Å². The van der Waals surface area contributed by atoms with Gasteiger partial charge in [0.1, 0.15) is 10.8 Å². The van der Waals surface area contributed by atoms with E-state index >= 15 is 0 Å². The highest BCUT2D eigenvalue weighted by atomic mass is 32.2. The number of carbonyl (C=O) groups excluding carboxylic acids is 2. The molecule has 2 aromatic rings. The van der Waals surface area contributed by atoms with E-state index in [1.54, 1.807) is 0 Å². The molecule has 7 nitrogen and oxygen atoms in total. The average Bonchev–Trinajstić information content (AvgIpc) is 3.66. The van der Waals surface area contributed by atoms with E-state index < -0.39 is 0 Å². The predicted octanol–water partition coefficient (Wildman–Crippen LogP) is 3.95. The number of carbonyl (C=O) groups is 2. The molecule has 1 amide bonds. The quantitative estimate of drug-likeness (QED) is 0.527. The maximum absolute atomic E-state index is 12.7. The van der Waals surface area contributed by atoms with E-state index in [0.717, 1.165) is 42.2 Å². The summed E-state index contributed by atoms with van der Waals surface area (Å²) in [5, 5.41) is 13.2. The van der Waals surface area contributed by atoms with Crippen LogP contribution >= 0.6 is 23.1 Å². The van der Waals surface area contributed by atoms with E-state index in [0.29, 0.717) is 22.5 Å². The molecule has 3 aliphatic carbocycles. The summed E-state index contributed by atoms with van der Waals surface area (Å²) < 4.78 is 7.23. The number of thiophene rings is 1. The minimum atomic E-state index is -0.366. The molecular weight excluding hydrogens is 408 g/mol. The van der Waals surface area contributed by atoms with Crippen LogP contribution < -0.4 is 5.32 Å². The highest BCUT2D eigenvalue weighted by Gasteiger charge is 2.36. The van der Waals surface area contributed by atoms with Gasteiger partial charge in [-0.1, -0.05) is 11.8 Å². The Hall–Kier alpha value is -1.87. The van der Waals surface area contributed by atoms with Crippen molar-refractivity contribution in [2.45, 2.75) is 68.5 Å². The van der Waals surface area contributed by atoms with Crippen LogP contribution in [0.4, 0.5) is 5.00 Å². The van der Waals surface area contributed by atoms with Crippen LogP contribution in [0.1, 0.15) is 77.1 Å². The van der Waals surface area contributed by atoms with Crippen LogP contribution in [0, 0.1) is 0 Å². The molecule has 0 atom stereocenters. The number of hydrogen-bond donors (Lipinski definition) is 1. The topological polar surface area (TPSA) is 86.1 Å². The molecule has 0 radical (unpaired) electrons. The van der Waals surface area contributed by atoms with Gasteiger partial charge in [0.05, 0.1) is 18.4 Å². The molecule has 3 aliphatic rings. The zero-order valence-electron chi connectivity index (χ0n) is 16.4. The molecule has 2 heterocycles. The van der Waals surface area contributed by atoms with Gasteiger partial charge in [-0.15, -0.1) is 21.5 Å². The molecule has 2 fully saturated rings. The molecule has 0 aromatic carbocycles. The van der Waals surface area contributed by atoms with E-state index in [9.17, 15) is 9.59 Å². The standard InChI is InChI=1S/C20H24N4O3S2/c1-27-19(26)16-13-4-2-3-5-14(13)29-18(16)21-15(25)10-28-20-23-22-17(11-6-7-11)24(20)12-8-9-12/h11-12H,2-10H2,1H3,(H,21,25). The maximum atomic E-state index is 12.7. The van der Waals surface area contributed by atoms with Gasteiger partial charge in [0, 0.05) is 16.8 Å². The predicted molar refractivity (Wildman–Crippen MR) is 112 cm³/mol. The van der Waals surface area contributed by atoms with Gasteiger partial charge >= 0.3 is 5.97 Å². The first-order valence-electron chi connectivity index (χ1n) is 10.3. The van der Waals surface area contributed by atoms with E-state index in [1.165, 1.54) is 60.8 Å². The molecule has 0 saturated heterocycles. The van der Waals surface area contributed by atoms with E-state index in [1.807, 2.05) is 0 Å². The van der Waals surface area contributed by atoms with Gasteiger partial charge in [0.2, 0.25) is 5.91 Å². The van der Waals surface area contributed by atoms with E-state index in [2.05, 4.69) is 20.1 Å². The minimum Gasteiger partial charge on any atom is -0.465 e. The molecule has 9 heteroatoms. The lowest BCUT2D eigenvalue weighted by atomic mass is 9.95. The molecule has 0 bridgehead atoms. The van der Waals surface area contributed by atoms with Gasteiger partial charge in [0.25, 0.3) is 0 Å². The minimum absolute atomic E-state index is 0.128. The first-order valence-corrected chi connectivity index (χ1v) is 12.1. The second kappa shape index (κ2) is 7.75. The SMILES string of the molecule is COC(=O)c1c(NC(=O)CSc2nnc(C3CC3)n2C2CC2)sc2c1CCCC2. The Morgan fingerprint density at radius 2 is 2.00 bits per heavy atom. The largest absolute Gasteiger partial charge is 0.465 e.